The molecule has 1 aliphatic carbocycles. The Morgan fingerprint density at radius 3 is 2.76 bits per heavy atom. The zero-order chi connectivity index (χ0) is 21.4. The molecule has 3 N–H and O–H groups in total. The van der Waals surface area contributed by atoms with Crippen molar-refractivity contribution in [3.8, 4) is 0 Å². The number of piperidine rings is 1. The number of ether oxygens (including phenoxy) is 1. The number of nitrogens with one attached hydrogen (secondary N) is 3. The number of anilines is 1. The number of carbonyl (C=O) groups is 2. The molecule has 2 fully saturated rings. The lowest BCUT2D eigenvalue weighted by Gasteiger charge is -2.29. The number of hydrogen-bond acceptors (Lipinski definition) is 6. The van der Waals surface area contributed by atoms with Crippen LogP contribution in [0.4, 0.5) is 10.6 Å². The van der Waals surface area contributed by atoms with Gasteiger partial charge in [-0.25, -0.2) is 9.78 Å². The third-order valence-corrected chi connectivity index (χ3v) is 5.74. The number of pyridine rings is 1. The van der Waals surface area contributed by atoms with E-state index in [-0.39, 0.29) is 17.4 Å². The smallest absolute Gasteiger partial charge is 0.411 e. The van der Waals surface area contributed by atoms with Gasteiger partial charge in [0.15, 0.2) is 0 Å². The third kappa shape index (κ3) is 4.62. The number of hydrogen-bond donors (Lipinski definition) is 3. The first-order chi connectivity index (χ1) is 13.6. The molecule has 1 aromatic rings. The Morgan fingerprint density at radius 2 is 2.14 bits per heavy atom. The van der Waals surface area contributed by atoms with Crippen molar-refractivity contribution in [3.05, 3.63) is 28.9 Å². The van der Waals surface area contributed by atoms with Gasteiger partial charge in [0.25, 0.3) is 0 Å². The number of amides is 2. The molecule has 3 atom stereocenters. The zero-order valence-electron chi connectivity index (χ0n) is 17.2. The molecule has 29 heavy (non-hydrogen) atoms. The summed E-state index contributed by atoms with van der Waals surface area (Å²) >= 11 is 3.32. The molecule has 1 aliphatic heterocycles. The van der Waals surface area contributed by atoms with E-state index in [4.69, 9.17) is 4.74 Å². The minimum atomic E-state index is -0.636. The molecule has 158 valence electrons. The predicted molar refractivity (Wildman–Crippen MR) is 115 cm³/mol. The fraction of sp³-hybridized carbons (Fsp3) is 0.550. The number of hydrazine groups is 1. The van der Waals surface area contributed by atoms with E-state index in [1.54, 1.807) is 24.1 Å². The molecule has 0 bridgehead atoms. The summed E-state index contributed by atoms with van der Waals surface area (Å²) in [5, 5.41) is 2.87. The number of aromatic nitrogens is 1. The molecular weight excluding hydrogens is 438 g/mol. The molecule has 0 aromatic carbocycles. The van der Waals surface area contributed by atoms with Crippen molar-refractivity contribution in [2.24, 2.45) is 5.41 Å². The van der Waals surface area contributed by atoms with Crippen molar-refractivity contribution >= 4 is 39.8 Å². The highest BCUT2D eigenvalue weighted by molar-refractivity contribution is 9.10. The molecule has 1 saturated carbocycles. The average molecular weight is 466 g/mol. The van der Waals surface area contributed by atoms with E-state index < -0.39 is 17.7 Å². The minimum Gasteiger partial charge on any atom is -0.444 e. The largest absolute Gasteiger partial charge is 0.444 e. The topological polar surface area (TPSA) is 95.6 Å². The molecule has 1 saturated heterocycles. The quantitative estimate of drug-likeness (QED) is 0.441. The Hall–Kier alpha value is -1.97. The lowest BCUT2D eigenvalue weighted by molar-refractivity contribution is -0.121. The van der Waals surface area contributed by atoms with Crippen LogP contribution in [0.15, 0.2) is 23.3 Å². The van der Waals surface area contributed by atoms with Crippen LogP contribution in [0.3, 0.4) is 0 Å². The predicted octanol–water partition coefficient (Wildman–Crippen LogP) is 2.92. The highest BCUT2D eigenvalue weighted by Crippen LogP contribution is 2.59. The van der Waals surface area contributed by atoms with E-state index in [1.807, 2.05) is 26.8 Å². The summed E-state index contributed by atoms with van der Waals surface area (Å²) in [5.41, 5.74) is 5.99. The van der Waals surface area contributed by atoms with Gasteiger partial charge in [0.2, 0.25) is 5.91 Å². The number of rotatable bonds is 6. The van der Waals surface area contributed by atoms with Crippen LogP contribution < -0.4 is 16.2 Å². The zero-order valence-corrected chi connectivity index (χ0v) is 18.8. The van der Waals surface area contributed by atoms with Crippen LogP contribution in [0, 0.1) is 5.41 Å². The van der Waals surface area contributed by atoms with Crippen molar-refractivity contribution in [2.75, 3.05) is 18.9 Å². The van der Waals surface area contributed by atoms with Crippen LogP contribution in [-0.4, -0.2) is 53.2 Å². The van der Waals surface area contributed by atoms with E-state index in [0.717, 1.165) is 6.42 Å². The molecule has 0 radical (unpaired) electrons. The van der Waals surface area contributed by atoms with Gasteiger partial charge in [-0.2, -0.15) is 0 Å². The van der Waals surface area contributed by atoms with E-state index in [9.17, 15) is 9.59 Å². The maximum atomic E-state index is 13.2. The molecule has 0 unspecified atom stereocenters. The summed E-state index contributed by atoms with van der Waals surface area (Å²) in [6, 6.07) is 2.95. The summed E-state index contributed by atoms with van der Waals surface area (Å²) in [5.74, 6) is 0.132. The molecule has 2 heterocycles. The van der Waals surface area contributed by atoms with Gasteiger partial charge in [-0.3, -0.25) is 20.5 Å². The second kappa shape index (κ2) is 8.04. The first-order valence-corrected chi connectivity index (χ1v) is 10.4. The minimum absolute atomic E-state index is 0.0247. The molecule has 0 spiro atoms. The Kier molecular flexibility index (Phi) is 6.03. The van der Waals surface area contributed by atoms with Crippen molar-refractivity contribution in [1.29, 1.82) is 0 Å². The van der Waals surface area contributed by atoms with Gasteiger partial charge in [-0.15, -0.1) is 0 Å². The van der Waals surface area contributed by atoms with Crippen molar-refractivity contribution < 1.29 is 14.3 Å². The van der Waals surface area contributed by atoms with Crippen molar-refractivity contribution in [2.45, 2.75) is 51.3 Å². The summed E-state index contributed by atoms with van der Waals surface area (Å²) in [6.45, 7) is 9.90. The SMILES string of the molecule is C=Cc1ccc(Br)nc1NC(=O)[C@@H]1C[C@@]2(CNNC)C[C@H]2N1C(=O)OC(C)(C)C. The molecular formula is C20H28BrN5O3. The molecule has 2 aliphatic rings. The van der Waals surface area contributed by atoms with Crippen LogP contribution >= 0.6 is 15.9 Å². The third-order valence-electron chi connectivity index (χ3n) is 5.30. The number of nitrogens with zero attached hydrogens (tertiary/aromatic N) is 2. The standard InChI is InChI=1S/C20H28BrN5O3/c1-6-12-7-8-15(21)24-16(12)25-17(27)13-9-20(11-23-22-5)10-14(20)26(13)18(28)29-19(2,3)4/h6-8,13-14,22-23H,1,9-11H2,2-5H3,(H,24,25,27)/t13-,14+,20-/m0/s1. The van der Waals surface area contributed by atoms with Gasteiger partial charge in [0, 0.05) is 23.6 Å². The number of fused-ring (bicyclic) bond motifs is 1. The lowest BCUT2D eigenvalue weighted by Crippen LogP contribution is -2.47. The van der Waals surface area contributed by atoms with E-state index in [2.05, 4.69) is 43.7 Å². The molecule has 9 heteroatoms. The second-order valence-corrected chi connectivity index (χ2v) is 9.37. The molecule has 2 amide bonds. The summed E-state index contributed by atoms with van der Waals surface area (Å²) in [6.07, 6.45) is 2.58. The van der Waals surface area contributed by atoms with E-state index in [0.29, 0.717) is 29.0 Å². The first-order valence-electron chi connectivity index (χ1n) is 9.61. The van der Waals surface area contributed by atoms with Gasteiger partial charge in [-0.05, 0) is 68.7 Å². The maximum Gasteiger partial charge on any atom is 0.411 e. The van der Waals surface area contributed by atoms with E-state index >= 15 is 0 Å². The molecule has 3 rings (SSSR count). The van der Waals surface area contributed by atoms with Crippen LogP contribution in [0.2, 0.25) is 0 Å². The average Bonchev–Trinajstić information content (AvgIpc) is 3.22. The second-order valence-electron chi connectivity index (χ2n) is 8.56. The van der Waals surface area contributed by atoms with Crippen molar-refractivity contribution in [3.63, 3.8) is 0 Å². The van der Waals surface area contributed by atoms with Gasteiger partial charge in [-0.1, -0.05) is 12.7 Å². The molecule has 1 aromatic heterocycles. The fourth-order valence-corrected chi connectivity index (χ4v) is 4.17. The van der Waals surface area contributed by atoms with Crippen LogP contribution in [0.1, 0.15) is 39.2 Å². The normalized spacial score (nSPS) is 25.3. The Bertz CT molecular complexity index is 825. The van der Waals surface area contributed by atoms with Crippen LogP contribution in [-0.2, 0) is 9.53 Å². The van der Waals surface area contributed by atoms with E-state index in [1.165, 1.54) is 0 Å². The Balaban J connectivity index is 1.83. The van der Waals surface area contributed by atoms with Crippen molar-refractivity contribution in [1.82, 2.24) is 20.7 Å². The lowest BCUT2D eigenvalue weighted by atomic mass is 9.99. The highest BCUT2D eigenvalue weighted by Gasteiger charge is 2.67. The monoisotopic (exact) mass is 465 g/mol. The van der Waals surface area contributed by atoms with Crippen LogP contribution in [0.25, 0.3) is 6.08 Å². The maximum absolute atomic E-state index is 13.2. The molecule has 8 nitrogen and oxygen atoms in total. The Labute approximate surface area is 179 Å². The number of carbonyl (C=O) groups excluding carboxylic acids is 2. The van der Waals surface area contributed by atoms with Gasteiger partial charge >= 0.3 is 6.09 Å². The van der Waals surface area contributed by atoms with Gasteiger partial charge in [0.1, 0.15) is 22.1 Å². The summed E-state index contributed by atoms with van der Waals surface area (Å²) < 4.78 is 6.20. The van der Waals surface area contributed by atoms with Crippen LogP contribution in [0.5, 0.6) is 0 Å². The number of likely N-dealkylation sites (tertiary alicyclic amines) is 1. The summed E-state index contributed by atoms with van der Waals surface area (Å²) in [4.78, 5) is 32.0. The number of halogens is 1. The van der Waals surface area contributed by atoms with Gasteiger partial charge in [0.05, 0.1) is 0 Å². The fourth-order valence-electron chi connectivity index (χ4n) is 3.87. The summed E-state index contributed by atoms with van der Waals surface area (Å²) in [7, 11) is 1.80. The highest BCUT2D eigenvalue weighted by atomic mass is 79.9. The van der Waals surface area contributed by atoms with Gasteiger partial charge < -0.3 is 10.1 Å². The Morgan fingerprint density at radius 1 is 1.41 bits per heavy atom. The first kappa shape index (κ1) is 21.7.